The molecule has 2 aliphatic rings. The van der Waals surface area contributed by atoms with E-state index in [2.05, 4.69) is 4.90 Å². The van der Waals surface area contributed by atoms with Crippen LogP contribution in [0.1, 0.15) is 16.8 Å². The highest BCUT2D eigenvalue weighted by atomic mass is 16.5. The second-order valence-corrected chi connectivity index (χ2v) is 7.81. The quantitative estimate of drug-likeness (QED) is 0.615. The summed E-state index contributed by atoms with van der Waals surface area (Å²) in [6, 6.07) is 14.8. The smallest absolute Gasteiger partial charge is 0.257 e. The maximum absolute atomic E-state index is 13.5. The van der Waals surface area contributed by atoms with Crippen LogP contribution in [0, 0.1) is 0 Å². The van der Waals surface area contributed by atoms with Gasteiger partial charge in [-0.15, -0.1) is 0 Å². The van der Waals surface area contributed by atoms with Gasteiger partial charge in [-0.2, -0.15) is 0 Å². The fraction of sp³-hybridized carbons (Fsp3) is 0.375. The Morgan fingerprint density at radius 2 is 1.84 bits per heavy atom. The molecule has 0 saturated carbocycles. The van der Waals surface area contributed by atoms with E-state index in [-0.39, 0.29) is 24.1 Å². The van der Waals surface area contributed by atoms with Crippen LogP contribution < -0.4 is 9.64 Å². The van der Waals surface area contributed by atoms with Gasteiger partial charge in [-0.25, -0.2) is 4.90 Å². The lowest BCUT2D eigenvalue weighted by molar-refractivity contribution is -0.122. The van der Waals surface area contributed by atoms with Gasteiger partial charge in [-0.3, -0.25) is 19.3 Å². The number of carbonyl (C=O) groups is 3. The van der Waals surface area contributed by atoms with Crippen LogP contribution in [-0.2, 0) is 14.3 Å². The number of carbonyl (C=O) groups excluding carboxylic acids is 3. The van der Waals surface area contributed by atoms with Crippen LogP contribution in [-0.4, -0.2) is 80.1 Å². The fourth-order valence-electron chi connectivity index (χ4n) is 4.10. The molecule has 8 heteroatoms. The van der Waals surface area contributed by atoms with Crippen molar-refractivity contribution < 1.29 is 23.9 Å². The van der Waals surface area contributed by atoms with Crippen LogP contribution in [0.4, 0.5) is 5.69 Å². The molecule has 1 unspecified atom stereocenters. The summed E-state index contributed by atoms with van der Waals surface area (Å²) in [4.78, 5) is 44.5. The zero-order chi connectivity index (χ0) is 22.5. The molecule has 2 aromatic rings. The van der Waals surface area contributed by atoms with Crippen molar-refractivity contribution in [2.24, 2.45) is 0 Å². The minimum Gasteiger partial charge on any atom is -0.497 e. The lowest BCUT2D eigenvalue weighted by Gasteiger charge is -2.32. The molecule has 32 heavy (non-hydrogen) atoms. The molecule has 1 atom stereocenters. The Morgan fingerprint density at radius 3 is 2.56 bits per heavy atom. The number of hydrogen-bond acceptors (Lipinski definition) is 6. The van der Waals surface area contributed by atoms with Crippen molar-refractivity contribution in [3.63, 3.8) is 0 Å². The first-order valence-corrected chi connectivity index (χ1v) is 10.8. The molecule has 2 fully saturated rings. The van der Waals surface area contributed by atoms with Gasteiger partial charge in [-0.1, -0.05) is 24.3 Å². The summed E-state index contributed by atoms with van der Waals surface area (Å²) < 4.78 is 10.7. The van der Waals surface area contributed by atoms with Crippen LogP contribution >= 0.6 is 0 Å². The van der Waals surface area contributed by atoms with Gasteiger partial charge in [0.15, 0.2) is 0 Å². The highest BCUT2D eigenvalue weighted by Gasteiger charge is 2.44. The summed E-state index contributed by atoms with van der Waals surface area (Å²) in [6.45, 7) is 3.77. The predicted molar refractivity (Wildman–Crippen MR) is 119 cm³/mol. The van der Waals surface area contributed by atoms with Gasteiger partial charge in [0.05, 0.1) is 32.4 Å². The minimum absolute atomic E-state index is 0.0352. The lowest BCUT2D eigenvalue weighted by Crippen LogP contribution is -2.49. The molecule has 0 aliphatic carbocycles. The topological polar surface area (TPSA) is 79.4 Å². The van der Waals surface area contributed by atoms with Gasteiger partial charge >= 0.3 is 0 Å². The molecular formula is C24H27N3O5. The summed E-state index contributed by atoms with van der Waals surface area (Å²) in [7, 11) is 1.54. The molecule has 2 saturated heterocycles. The molecule has 0 aromatic heterocycles. The Bertz CT molecular complexity index is 975. The number of nitrogens with zero attached hydrogens (tertiary/aromatic N) is 3. The van der Waals surface area contributed by atoms with Crippen molar-refractivity contribution in [2.75, 3.05) is 51.4 Å². The Labute approximate surface area is 187 Å². The van der Waals surface area contributed by atoms with Gasteiger partial charge in [0.2, 0.25) is 5.91 Å². The number of benzene rings is 2. The Kier molecular flexibility index (Phi) is 6.82. The standard InChI is InChI=1S/C24H27N3O5/c1-31-20-9-5-6-18(16-20)23(29)26(11-10-25-12-14-32-15-13-25)21-17-22(28)27(24(21)30)19-7-3-2-4-8-19/h2-9,16,21H,10-15,17H2,1H3. The Morgan fingerprint density at radius 1 is 1.09 bits per heavy atom. The van der Waals surface area contributed by atoms with E-state index in [0.717, 1.165) is 13.1 Å². The second-order valence-electron chi connectivity index (χ2n) is 7.81. The Balaban J connectivity index is 1.59. The molecule has 0 bridgehead atoms. The number of imide groups is 1. The average Bonchev–Trinajstić information content (AvgIpc) is 3.13. The number of methoxy groups -OCH3 is 1. The van der Waals surface area contributed by atoms with Crippen LogP contribution in [0.3, 0.4) is 0 Å². The fourth-order valence-corrected chi connectivity index (χ4v) is 4.10. The maximum atomic E-state index is 13.5. The predicted octanol–water partition coefficient (Wildman–Crippen LogP) is 1.80. The lowest BCUT2D eigenvalue weighted by atomic mass is 10.1. The molecule has 8 nitrogen and oxygen atoms in total. The van der Waals surface area contributed by atoms with E-state index in [4.69, 9.17) is 9.47 Å². The molecular weight excluding hydrogens is 410 g/mol. The number of para-hydroxylation sites is 1. The van der Waals surface area contributed by atoms with Gasteiger partial charge < -0.3 is 14.4 Å². The van der Waals surface area contributed by atoms with Gasteiger partial charge in [-0.05, 0) is 30.3 Å². The second kappa shape index (κ2) is 9.93. The summed E-state index contributed by atoms with van der Waals surface area (Å²) in [5, 5.41) is 0. The van der Waals surface area contributed by atoms with Crippen LogP contribution in [0.25, 0.3) is 0 Å². The number of ether oxygens (including phenoxy) is 2. The normalized spacial score (nSPS) is 19.3. The number of morpholine rings is 1. The molecule has 0 spiro atoms. The molecule has 2 aromatic carbocycles. The molecule has 4 rings (SSSR count). The zero-order valence-corrected chi connectivity index (χ0v) is 18.1. The molecule has 3 amide bonds. The highest BCUT2D eigenvalue weighted by Crippen LogP contribution is 2.27. The largest absolute Gasteiger partial charge is 0.497 e. The number of anilines is 1. The van der Waals surface area contributed by atoms with E-state index in [1.165, 1.54) is 16.9 Å². The van der Waals surface area contributed by atoms with Crippen molar-refractivity contribution in [1.29, 1.82) is 0 Å². The summed E-state index contributed by atoms with van der Waals surface area (Å²) in [6.07, 6.45) is -0.0352. The van der Waals surface area contributed by atoms with E-state index < -0.39 is 6.04 Å². The van der Waals surface area contributed by atoms with E-state index in [1.807, 2.05) is 6.07 Å². The Hall–Kier alpha value is -3.23. The third-order valence-electron chi connectivity index (χ3n) is 5.85. The summed E-state index contributed by atoms with van der Waals surface area (Å²) in [5.41, 5.74) is 0.941. The molecule has 2 heterocycles. The summed E-state index contributed by atoms with van der Waals surface area (Å²) >= 11 is 0. The molecule has 0 radical (unpaired) electrons. The number of hydrogen-bond donors (Lipinski definition) is 0. The van der Waals surface area contributed by atoms with Crippen molar-refractivity contribution in [3.05, 3.63) is 60.2 Å². The first kappa shape index (κ1) is 22.0. The van der Waals surface area contributed by atoms with Gasteiger partial charge in [0.1, 0.15) is 11.8 Å². The number of rotatable bonds is 7. The van der Waals surface area contributed by atoms with Crippen LogP contribution in [0.2, 0.25) is 0 Å². The summed E-state index contributed by atoms with van der Waals surface area (Å²) in [5.74, 6) is -0.414. The molecule has 2 aliphatic heterocycles. The SMILES string of the molecule is COc1cccc(C(=O)N(CCN2CCOCC2)C2CC(=O)N(c3ccccc3)C2=O)c1. The monoisotopic (exact) mass is 437 g/mol. The third-order valence-corrected chi connectivity index (χ3v) is 5.85. The van der Waals surface area contributed by atoms with Gasteiger partial charge in [0, 0.05) is 31.7 Å². The highest BCUT2D eigenvalue weighted by molar-refractivity contribution is 6.23. The van der Waals surface area contributed by atoms with Crippen LogP contribution in [0.5, 0.6) is 5.75 Å². The maximum Gasteiger partial charge on any atom is 0.257 e. The molecule has 168 valence electrons. The zero-order valence-electron chi connectivity index (χ0n) is 18.1. The van der Waals surface area contributed by atoms with E-state index in [0.29, 0.717) is 43.3 Å². The molecule has 0 N–H and O–H groups in total. The van der Waals surface area contributed by atoms with E-state index >= 15 is 0 Å². The first-order chi connectivity index (χ1) is 15.6. The van der Waals surface area contributed by atoms with Gasteiger partial charge in [0.25, 0.3) is 11.8 Å². The van der Waals surface area contributed by atoms with Crippen LogP contribution in [0.15, 0.2) is 54.6 Å². The first-order valence-electron chi connectivity index (χ1n) is 10.8. The van der Waals surface area contributed by atoms with Crippen molar-refractivity contribution >= 4 is 23.4 Å². The van der Waals surface area contributed by atoms with E-state index in [9.17, 15) is 14.4 Å². The average molecular weight is 437 g/mol. The minimum atomic E-state index is -0.845. The van der Waals surface area contributed by atoms with Crippen molar-refractivity contribution in [1.82, 2.24) is 9.80 Å². The number of amides is 3. The van der Waals surface area contributed by atoms with Crippen molar-refractivity contribution in [2.45, 2.75) is 12.5 Å². The van der Waals surface area contributed by atoms with E-state index in [1.54, 1.807) is 48.5 Å². The third kappa shape index (κ3) is 4.66. The van der Waals surface area contributed by atoms with Crippen molar-refractivity contribution in [3.8, 4) is 5.75 Å².